The van der Waals surface area contributed by atoms with Gasteiger partial charge in [-0.15, -0.1) is 0 Å². The molecule has 2 aromatic carbocycles. The summed E-state index contributed by atoms with van der Waals surface area (Å²) < 4.78 is 2.03. The molecule has 1 amide bonds. The molecule has 3 rings (SSSR count). The number of fused-ring (bicyclic) bond motifs is 1. The van der Waals surface area contributed by atoms with E-state index in [1.54, 1.807) is 0 Å². The molecule has 25 heavy (non-hydrogen) atoms. The minimum absolute atomic E-state index is 0.000509. The number of hydrogen-bond donors (Lipinski definition) is 1. The van der Waals surface area contributed by atoms with Crippen molar-refractivity contribution in [3.63, 3.8) is 0 Å². The number of carbonyl (C=O) groups is 1. The van der Waals surface area contributed by atoms with Crippen LogP contribution in [0.1, 0.15) is 31.0 Å². The standard InChI is InChI=1S/C20H23N3OS/c1-4-15-9-11-16(12-10-15)14(2)21-19(24)13-25-20-22-17-7-5-6-8-18(17)23(20)3/h5-12,14H,4,13H2,1-3H3,(H,21,24). The molecule has 5 heteroatoms. The van der Waals surface area contributed by atoms with E-state index in [-0.39, 0.29) is 11.9 Å². The van der Waals surface area contributed by atoms with Crippen molar-refractivity contribution >= 4 is 28.7 Å². The Bertz CT molecular complexity index is 870. The number of nitrogens with zero attached hydrogens (tertiary/aromatic N) is 2. The normalized spacial score (nSPS) is 12.3. The van der Waals surface area contributed by atoms with Gasteiger partial charge in [-0.2, -0.15) is 0 Å². The van der Waals surface area contributed by atoms with Crippen LogP contribution in [0.2, 0.25) is 0 Å². The molecule has 0 fully saturated rings. The summed E-state index contributed by atoms with van der Waals surface area (Å²) in [4.78, 5) is 16.9. The van der Waals surface area contributed by atoms with Gasteiger partial charge in [0.15, 0.2) is 5.16 Å². The number of nitrogens with one attached hydrogen (secondary N) is 1. The fourth-order valence-electron chi connectivity index (χ4n) is 2.79. The number of para-hydroxylation sites is 2. The molecule has 130 valence electrons. The van der Waals surface area contributed by atoms with Crippen molar-refractivity contribution in [1.29, 1.82) is 0 Å². The summed E-state index contributed by atoms with van der Waals surface area (Å²) in [5.41, 5.74) is 4.46. The molecule has 1 heterocycles. The molecule has 3 aromatic rings. The molecular weight excluding hydrogens is 330 g/mol. The van der Waals surface area contributed by atoms with Gasteiger partial charge in [0.1, 0.15) is 0 Å². The van der Waals surface area contributed by atoms with Gasteiger partial charge in [0.2, 0.25) is 5.91 Å². The smallest absolute Gasteiger partial charge is 0.230 e. The van der Waals surface area contributed by atoms with Crippen molar-refractivity contribution in [2.75, 3.05) is 5.75 Å². The summed E-state index contributed by atoms with van der Waals surface area (Å²) in [7, 11) is 1.98. The van der Waals surface area contributed by atoms with Crippen molar-refractivity contribution in [2.24, 2.45) is 7.05 Å². The van der Waals surface area contributed by atoms with Gasteiger partial charge in [0, 0.05) is 7.05 Å². The Morgan fingerprint density at radius 1 is 1.20 bits per heavy atom. The molecule has 0 saturated carbocycles. The predicted molar refractivity (Wildman–Crippen MR) is 104 cm³/mol. The second kappa shape index (κ2) is 7.74. The summed E-state index contributed by atoms with van der Waals surface area (Å²) >= 11 is 1.46. The first-order chi connectivity index (χ1) is 12.1. The van der Waals surface area contributed by atoms with Gasteiger partial charge in [-0.05, 0) is 36.6 Å². The van der Waals surface area contributed by atoms with Crippen molar-refractivity contribution in [3.8, 4) is 0 Å². The zero-order valence-corrected chi connectivity index (χ0v) is 15.6. The fourth-order valence-corrected chi connectivity index (χ4v) is 3.59. The average molecular weight is 353 g/mol. The van der Waals surface area contributed by atoms with Crippen LogP contribution >= 0.6 is 11.8 Å². The van der Waals surface area contributed by atoms with Crippen LogP contribution in [-0.4, -0.2) is 21.2 Å². The van der Waals surface area contributed by atoms with Crippen LogP contribution in [0.15, 0.2) is 53.7 Å². The topological polar surface area (TPSA) is 46.9 Å². The van der Waals surface area contributed by atoms with E-state index in [4.69, 9.17) is 0 Å². The van der Waals surface area contributed by atoms with Crippen LogP contribution in [0.5, 0.6) is 0 Å². The lowest BCUT2D eigenvalue weighted by atomic mass is 10.1. The van der Waals surface area contributed by atoms with Crippen LogP contribution < -0.4 is 5.32 Å². The van der Waals surface area contributed by atoms with Gasteiger partial charge in [-0.25, -0.2) is 4.98 Å². The Morgan fingerprint density at radius 3 is 2.60 bits per heavy atom. The number of aryl methyl sites for hydroxylation is 2. The molecule has 0 radical (unpaired) electrons. The van der Waals surface area contributed by atoms with E-state index < -0.39 is 0 Å². The van der Waals surface area contributed by atoms with Crippen LogP contribution in [0, 0.1) is 0 Å². The van der Waals surface area contributed by atoms with Gasteiger partial charge in [0.25, 0.3) is 0 Å². The van der Waals surface area contributed by atoms with Crippen molar-refractivity contribution in [3.05, 3.63) is 59.7 Å². The molecule has 0 aliphatic heterocycles. The quantitative estimate of drug-likeness (QED) is 0.679. The Labute approximate surface area is 152 Å². The van der Waals surface area contributed by atoms with Crippen molar-refractivity contribution in [2.45, 2.75) is 31.5 Å². The van der Waals surface area contributed by atoms with E-state index in [0.29, 0.717) is 5.75 Å². The minimum atomic E-state index is -0.000509. The van der Waals surface area contributed by atoms with E-state index in [2.05, 4.69) is 41.5 Å². The highest BCUT2D eigenvalue weighted by molar-refractivity contribution is 7.99. The Hall–Kier alpha value is -2.27. The molecule has 1 aromatic heterocycles. The molecule has 1 unspecified atom stereocenters. The highest BCUT2D eigenvalue weighted by atomic mass is 32.2. The number of aromatic nitrogens is 2. The summed E-state index contributed by atoms with van der Waals surface area (Å²) in [5, 5.41) is 3.92. The second-order valence-corrected chi connectivity index (χ2v) is 7.06. The zero-order valence-electron chi connectivity index (χ0n) is 14.8. The molecule has 0 bridgehead atoms. The summed E-state index contributed by atoms with van der Waals surface area (Å²) in [6.07, 6.45) is 1.02. The van der Waals surface area contributed by atoms with E-state index in [0.717, 1.165) is 28.2 Å². The van der Waals surface area contributed by atoms with Gasteiger partial charge >= 0.3 is 0 Å². The Morgan fingerprint density at radius 2 is 1.92 bits per heavy atom. The lowest BCUT2D eigenvalue weighted by Crippen LogP contribution is -2.28. The zero-order chi connectivity index (χ0) is 17.8. The molecular formula is C20H23N3OS. The number of rotatable bonds is 6. The van der Waals surface area contributed by atoms with E-state index in [1.165, 1.54) is 17.3 Å². The van der Waals surface area contributed by atoms with Crippen molar-refractivity contribution in [1.82, 2.24) is 14.9 Å². The third-order valence-electron chi connectivity index (χ3n) is 4.34. The largest absolute Gasteiger partial charge is 0.349 e. The molecule has 0 saturated heterocycles. The SMILES string of the molecule is CCc1ccc(C(C)NC(=O)CSc2nc3ccccc3n2C)cc1. The Balaban J connectivity index is 1.59. The lowest BCUT2D eigenvalue weighted by molar-refractivity contribution is -0.119. The van der Waals surface area contributed by atoms with E-state index in [9.17, 15) is 4.79 Å². The number of thioether (sulfide) groups is 1. The number of amides is 1. The first-order valence-electron chi connectivity index (χ1n) is 8.51. The van der Waals surface area contributed by atoms with Crippen LogP contribution in [0.25, 0.3) is 11.0 Å². The van der Waals surface area contributed by atoms with E-state index >= 15 is 0 Å². The Kier molecular flexibility index (Phi) is 5.43. The average Bonchev–Trinajstić information content (AvgIpc) is 2.96. The number of imidazole rings is 1. The van der Waals surface area contributed by atoms with Crippen LogP contribution in [-0.2, 0) is 18.3 Å². The molecule has 0 aliphatic carbocycles. The van der Waals surface area contributed by atoms with Gasteiger partial charge in [-0.1, -0.05) is 55.1 Å². The maximum absolute atomic E-state index is 12.3. The number of benzene rings is 2. The molecule has 4 nitrogen and oxygen atoms in total. The monoisotopic (exact) mass is 353 g/mol. The first-order valence-corrected chi connectivity index (χ1v) is 9.49. The van der Waals surface area contributed by atoms with Gasteiger partial charge < -0.3 is 9.88 Å². The van der Waals surface area contributed by atoms with E-state index in [1.807, 2.05) is 42.8 Å². The molecule has 0 spiro atoms. The van der Waals surface area contributed by atoms with Crippen molar-refractivity contribution < 1.29 is 4.79 Å². The maximum atomic E-state index is 12.3. The van der Waals surface area contributed by atoms with Gasteiger partial charge in [0.05, 0.1) is 22.8 Å². The lowest BCUT2D eigenvalue weighted by Gasteiger charge is -2.14. The third kappa shape index (κ3) is 4.04. The maximum Gasteiger partial charge on any atom is 0.230 e. The molecule has 1 N–H and O–H groups in total. The molecule has 1 atom stereocenters. The molecule has 0 aliphatic rings. The van der Waals surface area contributed by atoms with Crippen LogP contribution in [0.3, 0.4) is 0 Å². The highest BCUT2D eigenvalue weighted by Gasteiger charge is 2.13. The number of hydrogen-bond acceptors (Lipinski definition) is 3. The second-order valence-electron chi connectivity index (χ2n) is 6.12. The third-order valence-corrected chi connectivity index (χ3v) is 5.37. The van der Waals surface area contributed by atoms with Gasteiger partial charge in [-0.3, -0.25) is 4.79 Å². The minimum Gasteiger partial charge on any atom is -0.349 e. The summed E-state index contributed by atoms with van der Waals surface area (Å²) in [5.74, 6) is 0.373. The summed E-state index contributed by atoms with van der Waals surface area (Å²) in [6, 6.07) is 16.4. The van der Waals surface area contributed by atoms with Crippen LogP contribution in [0.4, 0.5) is 0 Å². The predicted octanol–water partition coefficient (Wildman–Crippen LogP) is 4.11. The highest BCUT2D eigenvalue weighted by Crippen LogP contribution is 2.22. The first kappa shape index (κ1) is 17.5. The summed E-state index contributed by atoms with van der Waals surface area (Å²) in [6.45, 7) is 4.15. The number of carbonyl (C=O) groups excluding carboxylic acids is 1. The fraction of sp³-hybridized carbons (Fsp3) is 0.300.